The summed E-state index contributed by atoms with van der Waals surface area (Å²) in [6.45, 7) is 0. The zero-order valence-corrected chi connectivity index (χ0v) is 11.6. The molecule has 2 unspecified atom stereocenters. The van der Waals surface area contributed by atoms with Crippen molar-refractivity contribution >= 4 is 5.91 Å². The van der Waals surface area contributed by atoms with Gasteiger partial charge in [-0.15, -0.1) is 0 Å². The van der Waals surface area contributed by atoms with Gasteiger partial charge in [0.2, 0.25) is 5.91 Å². The monoisotopic (exact) mass is 268 g/mol. The molecule has 3 nitrogen and oxygen atoms in total. The number of hydrogen-bond acceptors (Lipinski definition) is 2. The van der Waals surface area contributed by atoms with Gasteiger partial charge in [0, 0.05) is 12.0 Å². The van der Waals surface area contributed by atoms with E-state index in [0.29, 0.717) is 5.92 Å². The van der Waals surface area contributed by atoms with Gasteiger partial charge in [0.1, 0.15) is 5.41 Å². The fourth-order valence-corrected chi connectivity index (χ4v) is 3.27. The van der Waals surface area contributed by atoms with E-state index in [9.17, 15) is 10.1 Å². The van der Waals surface area contributed by atoms with Gasteiger partial charge in [-0.05, 0) is 24.8 Å². The van der Waals surface area contributed by atoms with Crippen LogP contribution in [0.15, 0.2) is 30.3 Å². The van der Waals surface area contributed by atoms with Gasteiger partial charge in [0.15, 0.2) is 0 Å². The molecule has 0 spiro atoms. The molecule has 3 heteroatoms. The van der Waals surface area contributed by atoms with Crippen molar-refractivity contribution in [2.45, 2.75) is 50.5 Å². The molecule has 1 N–H and O–H groups in total. The number of carbonyl (C=O) groups is 1. The van der Waals surface area contributed by atoms with Crippen LogP contribution in [-0.2, 0) is 4.79 Å². The molecular formula is C17H20N2O. The molecule has 1 amide bonds. The summed E-state index contributed by atoms with van der Waals surface area (Å²) in [5.74, 6) is 0.391. The van der Waals surface area contributed by atoms with E-state index in [1.165, 1.54) is 5.56 Å². The van der Waals surface area contributed by atoms with Crippen molar-refractivity contribution in [3.63, 3.8) is 0 Å². The fourth-order valence-electron chi connectivity index (χ4n) is 3.27. The van der Waals surface area contributed by atoms with Crippen molar-refractivity contribution in [1.82, 2.24) is 5.32 Å². The first-order valence-electron chi connectivity index (χ1n) is 7.52. The van der Waals surface area contributed by atoms with Crippen molar-refractivity contribution in [1.29, 1.82) is 5.26 Å². The average Bonchev–Trinajstić information content (AvgIpc) is 3.28. The zero-order chi connectivity index (χ0) is 14.0. The number of hydrogen-bond donors (Lipinski definition) is 1. The molecule has 3 rings (SSSR count). The summed E-state index contributed by atoms with van der Waals surface area (Å²) >= 11 is 0. The predicted octanol–water partition coefficient (Wildman–Crippen LogP) is 3.13. The lowest BCUT2D eigenvalue weighted by Crippen LogP contribution is -2.42. The molecule has 104 valence electrons. The standard InChI is InChI=1S/C17H20N2O/c18-12-17(9-5-2-6-10-17)16(20)19-15-11-14(15)13-7-3-1-4-8-13/h1,3-4,7-8,14-15H,2,5-6,9-11H2,(H,19,20). The van der Waals surface area contributed by atoms with E-state index in [4.69, 9.17) is 0 Å². The normalized spacial score (nSPS) is 27.4. The minimum atomic E-state index is -0.762. The van der Waals surface area contributed by atoms with Gasteiger partial charge in [0.05, 0.1) is 6.07 Å². The average molecular weight is 268 g/mol. The minimum Gasteiger partial charge on any atom is -0.351 e. The molecule has 0 heterocycles. The van der Waals surface area contributed by atoms with Crippen LogP contribution in [0.25, 0.3) is 0 Å². The number of nitrogens with zero attached hydrogens (tertiary/aromatic N) is 1. The second-order valence-electron chi connectivity index (χ2n) is 6.09. The smallest absolute Gasteiger partial charge is 0.240 e. The fraction of sp³-hybridized carbons (Fsp3) is 0.529. The van der Waals surface area contributed by atoms with Crippen LogP contribution in [-0.4, -0.2) is 11.9 Å². The number of benzene rings is 1. The Kier molecular flexibility index (Phi) is 3.48. The molecule has 1 aromatic rings. The maximum atomic E-state index is 12.4. The largest absolute Gasteiger partial charge is 0.351 e. The number of nitrogens with one attached hydrogen (secondary N) is 1. The van der Waals surface area contributed by atoms with Crippen molar-refractivity contribution in [3.8, 4) is 6.07 Å². The number of rotatable bonds is 3. The van der Waals surface area contributed by atoms with E-state index in [0.717, 1.165) is 38.5 Å². The van der Waals surface area contributed by atoms with Crippen LogP contribution < -0.4 is 5.32 Å². The van der Waals surface area contributed by atoms with E-state index < -0.39 is 5.41 Å². The highest BCUT2D eigenvalue weighted by Crippen LogP contribution is 2.42. The van der Waals surface area contributed by atoms with Gasteiger partial charge >= 0.3 is 0 Å². The van der Waals surface area contributed by atoms with E-state index in [1.807, 2.05) is 18.2 Å². The van der Waals surface area contributed by atoms with E-state index in [-0.39, 0.29) is 11.9 Å². The van der Waals surface area contributed by atoms with Gasteiger partial charge in [-0.2, -0.15) is 5.26 Å². The van der Waals surface area contributed by atoms with Crippen LogP contribution in [0.3, 0.4) is 0 Å². The maximum Gasteiger partial charge on any atom is 0.240 e. The lowest BCUT2D eigenvalue weighted by atomic mass is 9.74. The van der Waals surface area contributed by atoms with Crippen LogP contribution in [0.2, 0.25) is 0 Å². The highest BCUT2D eigenvalue weighted by molar-refractivity contribution is 5.86. The van der Waals surface area contributed by atoms with Crippen LogP contribution >= 0.6 is 0 Å². The van der Waals surface area contributed by atoms with Crippen molar-refractivity contribution < 1.29 is 4.79 Å². The number of nitriles is 1. The number of amides is 1. The summed E-state index contributed by atoms with van der Waals surface area (Å²) in [4.78, 5) is 12.4. The van der Waals surface area contributed by atoms with E-state index >= 15 is 0 Å². The topological polar surface area (TPSA) is 52.9 Å². The van der Waals surface area contributed by atoms with Crippen molar-refractivity contribution in [2.75, 3.05) is 0 Å². The van der Waals surface area contributed by atoms with Gasteiger partial charge in [-0.1, -0.05) is 49.6 Å². The molecule has 0 aromatic heterocycles. The molecule has 20 heavy (non-hydrogen) atoms. The van der Waals surface area contributed by atoms with Crippen LogP contribution in [0.1, 0.15) is 50.0 Å². The van der Waals surface area contributed by atoms with E-state index in [2.05, 4.69) is 23.5 Å². The molecule has 0 radical (unpaired) electrons. The number of carbonyl (C=O) groups excluding carboxylic acids is 1. The predicted molar refractivity (Wildman–Crippen MR) is 76.9 cm³/mol. The maximum absolute atomic E-state index is 12.4. The quantitative estimate of drug-likeness (QED) is 0.915. The SMILES string of the molecule is N#CC1(C(=O)NC2CC2c2ccccc2)CCCCC1. The lowest BCUT2D eigenvalue weighted by Gasteiger charge is -2.29. The zero-order valence-electron chi connectivity index (χ0n) is 11.6. The summed E-state index contributed by atoms with van der Waals surface area (Å²) in [7, 11) is 0. The molecule has 0 bridgehead atoms. The van der Waals surface area contributed by atoms with Gasteiger partial charge < -0.3 is 5.32 Å². The summed E-state index contributed by atoms with van der Waals surface area (Å²) in [5.41, 5.74) is 0.523. The van der Waals surface area contributed by atoms with Crippen molar-refractivity contribution in [2.24, 2.45) is 5.41 Å². The Labute approximate surface area is 120 Å². The molecule has 1 aromatic carbocycles. The molecule has 2 atom stereocenters. The third kappa shape index (κ3) is 2.43. The minimum absolute atomic E-state index is 0.0388. The lowest BCUT2D eigenvalue weighted by molar-refractivity contribution is -0.129. The van der Waals surface area contributed by atoms with Gasteiger partial charge in [-0.25, -0.2) is 0 Å². The first-order valence-corrected chi connectivity index (χ1v) is 7.52. The highest BCUT2D eigenvalue weighted by Gasteiger charge is 2.45. The van der Waals surface area contributed by atoms with Crippen molar-refractivity contribution in [3.05, 3.63) is 35.9 Å². The molecule has 2 saturated carbocycles. The molecule has 0 saturated heterocycles. The van der Waals surface area contributed by atoms with Crippen LogP contribution in [0, 0.1) is 16.7 Å². The first-order chi connectivity index (χ1) is 9.75. The highest BCUT2D eigenvalue weighted by atomic mass is 16.2. The van der Waals surface area contributed by atoms with E-state index in [1.54, 1.807) is 0 Å². The summed E-state index contributed by atoms with van der Waals surface area (Å²) < 4.78 is 0. The Morgan fingerprint density at radius 1 is 1.20 bits per heavy atom. The Hall–Kier alpha value is -1.82. The molecule has 2 fully saturated rings. The Balaban J connectivity index is 1.62. The Bertz CT molecular complexity index is 526. The summed E-state index contributed by atoms with van der Waals surface area (Å²) in [6, 6.07) is 12.8. The van der Waals surface area contributed by atoms with Gasteiger partial charge in [-0.3, -0.25) is 4.79 Å². The molecule has 0 aliphatic heterocycles. The Morgan fingerprint density at radius 3 is 2.55 bits per heavy atom. The second kappa shape index (κ2) is 5.28. The molecule has 2 aliphatic rings. The third-order valence-electron chi connectivity index (χ3n) is 4.69. The third-order valence-corrected chi connectivity index (χ3v) is 4.69. The Morgan fingerprint density at radius 2 is 1.90 bits per heavy atom. The second-order valence-corrected chi connectivity index (χ2v) is 6.09. The van der Waals surface area contributed by atoms with Crippen LogP contribution in [0.5, 0.6) is 0 Å². The molecule has 2 aliphatic carbocycles. The van der Waals surface area contributed by atoms with Crippen LogP contribution in [0.4, 0.5) is 0 Å². The summed E-state index contributed by atoms with van der Waals surface area (Å²) in [5, 5.41) is 12.5. The molecular weight excluding hydrogens is 248 g/mol. The summed E-state index contributed by atoms with van der Waals surface area (Å²) in [6.07, 6.45) is 5.57. The first kappa shape index (κ1) is 13.2. The van der Waals surface area contributed by atoms with Gasteiger partial charge in [0.25, 0.3) is 0 Å².